The van der Waals surface area contributed by atoms with Gasteiger partial charge in [-0.2, -0.15) is 0 Å². The lowest BCUT2D eigenvalue weighted by molar-refractivity contribution is 0.413. The zero-order valence-electron chi connectivity index (χ0n) is 13.6. The van der Waals surface area contributed by atoms with Crippen LogP contribution in [0.1, 0.15) is 58.8 Å². The molecule has 0 amide bonds. The molecule has 2 N–H and O–H groups in total. The van der Waals surface area contributed by atoms with Crippen molar-refractivity contribution in [2.24, 2.45) is 10.9 Å². The van der Waals surface area contributed by atoms with Crippen molar-refractivity contribution in [3.8, 4) is 0 Å². The van der Waals surface area contributed by atoms with Crippen LogP contribution in [0.4, 0.5) is 0 Å². The first kappa shape index (κ1) is 16.8. The lowest BCUT2D eigenvalue weighted by Crippen LogP contribution is -2.46. The van der Waals surface area contributed by atoms with Crippen molar-refractivity contribution in [2.45, 2.75) is 70.1 Å². The summed E-state index contributed by atoms with van der Waals surface area (Å²) in [5, 5.41) is 7.28. The number of rotatable bonds is 7. The van der Waals surface area contributed by atoms with Gasteiger partial charge in [-0.05, 0) is 38.5 Å². The molecule has 0 saturated heterocycles. The maximum Gasteiger partial charge on any atom is 0.191 e. The van der Waals surface area contributed by atoms with E-state index < -0.39 is 10.8 Å². The minimum absolute atomic E-state index is 0.371. The predicted molar refractivity (Wildman–Crippen MR) is 91.2 cm³/mol. The molecule has 0 aliphatic heterocycles. The van der Waals surface area contributed by atoms with E-state index >= 15 is 0 Å². The number of hydrogen-bond donors (Lipinski definition) is 2. The molecule has 2 aliphatic carbocycles. The zero-order chi connectivity index (χ0) is 15.1. The fourth-order valence-electron chi connectivity index (χ4n) is 3.03. The number of nitrogens with zero attached hydrogens (tertiary/aromatic N) is 1. The standard InChI is InChI=1S/C16H31N3OS/c1-3-17-16(18-11-10-13-8-9-13)19-14-6-5-7-15(12-14)21(20)4-2/h13-15H,3-12H2,1-2H3,(H2,17,18,19). The van der Waals surface area contributed by atoms with Crippen LogP contribution in [-0.4, -0.2) is 40.3 Å². The van der Waals surface area contributed by atoms with Crippen LogP contribution < -0.4 is 10.6 Å². The van der Waals surface area contributed by atoms with Crippen LogP contribution in [0.5, 0.6) is 0 Å². The van der Waals surface area contributed by atoms with E-state index in [1.54, 1.807) is 0 Å². The molecular formula is C16H31N3OS. The third kappa shape index (κ3) is 5.97. The van der Waals surface area contributed by atoms with E-state index in [2.05, 4.69) is 17.6 Å². The van der Waals surface area contributed by atoms with Gasteiger partial charge in [-0.1, -0.05) is 26.2 Å². The Balaban J connectivity index is 1.81. The summed E-state index contributed by atoms with van der Waals surface area (Å²) in [5.41, 5.74) is 0. The Morgan fingerprint density at radius 1 is 1.24 bits per heavy atom. The normalized spacial score (nSPS) is 28.2. The molecule has 0 aromatic carbocycles. The molecule has 5 heteroatoms. The highest BCUT2D eigenvalue weighted by Gasteiger charge is 2.26. The van der Waals surface area contributed by atoms with Crippen molar-refractivity contribution in [2.75, 3.05) is 18.8 Å². The highest BCUT2D eigenvalue weighted by atomic mass is 32.2. The fraction of sp³-hybridized carbons (Fsp3) is 0.938. The molecule has 4 nitrogen and oxygen atoms in total. The topological polar surface area (TPSA) is 53.5 Å². The molecule has 3 unspecified atom stereocenters. The quantitative estimate of drug-likeness (QED) is 0.560. The number of aliphatic imine (C=N–C) groups is 1. The smallest absolute Gasteiger partial charge is 0.191 e. The van der Waals surface area contributed by atoms with E-state index in [9.17, 15) is 4.21 Å². The first-order valence-electron chi connectivity index (χ1n) is 8.65. The Kier molecular flexibility index (Phi) is 7.00. The average molecular weight is 314 g/mol. The van der Waals surface area contributed by atoms with Gasteiger partial charge in [0.2, 0.25) is 0 Å². The Bertz CT molecular complexity index is 369. The monoisotopic (exact) mass is 313 g/mol. The lowest BCUT2D eigenvalue weighted by Gasteiger charge is -2.30. The number of nitrogens with one attached hydrogen (secondary N) is 2. The molecule has 2 rings (SSSR count). The Morgan fingerprint density at radius 3 is 2.71 bits per heavy atom. The SMILES string of the molecule is CCNC(=NCCC1CC1)NC1CCCC(S(=O)CC)C1. The molecule has 0 aromatic rings. The van der Waals surface area contributed by atoms with Gasteiger partial charge in [0, 0.05) is 40.9 Å². The second kappa shape index (κ2) is 8.76. The van der Waals surface area contributed by atoms with E-state index in [1.165, 1.54) is 32.1 Å². The van der Waals surface area contributed by atoms with Crippen molar-refractivity contribution < 1.29 is 4.21 Å². The van der Waals surface area contributed by atoms with E-state index in [1.807, 2.05) is 6.92 Å². The largest absolute Gasteiger partial charge is 0.357 e. The predicted octanol–water partition coefficient (Wildman–Crippen LogP) is 2.42. The third-order valence-corrected chi connectivity index (χ3v) is 6.21. The average Bonchev–Trinajstić information content (AvgIpc) is 3.31. The van der Waals surface area contributed by atoms with Gasteiger partial charge in [0.25, 0.3) is 0 Å². The van der Waals surface area contributed by atoms with E-state index in [0.29, 0.717) is 11.3 Å². The van der Waals surface area contributed by atoms with Gasteiger partial charge in [-0.25, -0.2) is 0 Å². The third-order valence-electron chi connectivity index (χ3n) is 4.47. The van der Waals surface area contributed by atoms with Crippen molar-refractivity contribution in [3.63, 3.8) is 0 Å². The van der Waals surface area contributed by atoms with Gasteiger partial charge in [0.1, 0.15) is 0 Å². The first-order valence-corrected chi connectivity index (χ1v) is 10.0. The Labute approximate surface area is 132 Å². The summed E-state index contributed by atoms with van der Waals surface area (Å²) >= 11 is 0. The summed E-state index contributed by atoms with van der Waals surface area (Å²) in [6.07, 6.45) is 8.50. The van der Waals surface area contributed by atoms with Crippen LogP contribution in [-0.2, 0) is 10.8 Å². The van der Waals surface area contributed by atoms with Crippen LogP contribution in [0.2, 0.25) is 0 Å². The van der Waals surface area contributed by atoms with Gasteiger partial charge in [-0.3, -0.25) is 9.20 Å². The van der Waals surface area contributed by atoms with Gasteiger partial charge in [0.15, 0.2) is 5.96 Å². The molecule has 21 heavy (non-hydrogen) atoms. The van der Waals surface area contributed by atoms with Crippen molar-refractivity contribution in [1.82, 2.24) is 10.6 Å². The summed E-state index contributed by atoms with van der Waals surface area (Å²) in [7, 11) is -0.656. The van der Waals surface area contributed by atoms with Crippen LogP contribution >= 0.6 is 0 Å². The van der Waals surface area contributed by atoms with Crippen molar-refractivity contribution >= 4 is 16.8 Å². The highest BCUT2D eigenvalue weighted by Crippen LogP contribution is 2.32. The minimum atomic E-state index is -0.656. The van der Waals surface area contributed by atoms with Crippen molar-refractivity contribution in [3.05, 3.63) is 0 Å². The minimum Gasteiger partial charge on any atom is -0.357 e. The maximum atomic E-state index is 12.0. The highest BCUT2D eigenvalue weighted by molar-refractivity contribution is 7.85. The van der Waals surface area contributed by atoms with Crippen molar-refractivity contribution in [1.29, 1.82) is 0 Å². The summed E-state index contributed by atoms with van der Waals surface area (Å²) < 4.78 is 12.0. The molecule has 3 atom stereocenters. The Hall–Kier alpha value is -0.580. The van der Waals surface area contributed by atoms with Gasteiger partial charge in [0.05, 0.1) is 0 Å². The molecule has 0 bridgehead atoms. The van der Waals surface area contributed by atoms with Gasteiger partial charge >= 0.3 is 0 Å². The summed E-state index contributed by atoms with van der Waals surface area (Å²) in [5.74, 6) is 2.67. The molecule has 0 aromatic heterocycles. The van der Waals surface area contributed by atoms with E-state index in [4.69, 9.17) is 4.99 Å². The second-order valence-corrected chi connectivity index (χ2v) is 8.30. The summed E-state index contributed by atoms with van der Waals surface area (Å²) in [4.78, 5) is 4.70. The zero-order valence-corrected chi connectivity index (χ0v) is 14.4. The summed E-state index contributed by atoms with van der Waals surface area (Å²) in [6.45, 7) is 5.95. The van der Waals surface area contributed by atoms with Gasteiger partial charge in [-0.15, -0.1) is 0 Å². The van der Waals surface area contributed by atoms with Crippen LogP contribution in [0.15, 0.2) is 4.99 Å². The lowest BCUT2D eigenvalue weighted by atomic mass is 9.95. The molecule has 2 aliphatic rings. The molecule has 2 saturated carbocycles. The van der Waals surface area contributed by atoms with Crippen LogP contribution in [0.25, 0.3) is 0 Å². The molecule has 0 heterocycles. The number of hydrogen-bond acceptors (Lipinski definition) is 2. The Morgan fingerprint density at radius 2 is 2.05 bits per heavy atom. The number of guanidine groups is 1. The van der Waals surface area contributed by atoms with Crippen LogP contribution in [0, 0.1) is 5.92 Å². The maximum absolute atomic E-state index is 12.0. The molecular weight excluding hydrogens is 282 g/mol. The first-order chi connectivity index (χ1) is 10.2. The van der Waals surface area contributed by atoms with Gasteiger partial charge < -0.3 is 10.6 Å². The van der Waals surface area contributed by atoms with Crippen LogP contribution in [0.3, 0.4) is 0 Å². The molecule has 2 fully saturated rings. The van der Waals surface area contributed by atoms with E-state index in [-0.39, 0.29) is 0 Å². The molecule has 122 valence electrons. The van der Waals surface area contributed by atoms with E-state index in [0.717, 1.165) is 43.6 Å². The molecule has 0 radical (unpaired) electrons. The summed E-state index contributed by atoms with van der Waals surface area (Å²) in [6, 6.07) is 0.429. The second-order valence-electron chi connectivity index (χ2n) is 6.29. The fourth-order valence-corrected chi connectivity index (χ4v) is 4.38. The molecule has 0 spiro atoms.